The van der Waals surface area contributed by atoms with Crippen molar-refractivity contribution in [2.24, 2.45) is 5.73 Å². The SMILES string of the molecule is CC(O)(CN)c1cc2cc(Br)ccc2o1. The Balaban J connectivity index is 2.56. The maximum absolute atomic E-state index is 9.93. The summed E-state index contributed by atoms with van der Waals surface area (Å²) in [4.78, 5) is 0. The number of furan rings is 1. The van der Waals surface area contributed by atoms with Gasteiger partial charge in [0.05, 0.1) is 0 Å². The molecular formula is C11H12BrNO2. The molecule has 0 bridgehead atoms. The lowest BCUT2D eigenvalue weighted by molar-refractivity contribution is 0.0449. The van der Waals surface area contributed by atoms with Crippen molar-refractivity contribution in [2.45, 2.75) is 12.5 Å². The Hall–Kier alpha value is -0.840. The van der Waals surface area contributed by atoms with Crippen molar-refractivity contribution in [1.82, 2.24) is 0 Å². The normalized spacial score (nSPS) is 15.5. The van der Waals surface area contributed by atoms with Gasteiger partial charge < -0.3 is 15.3 Å². The molecule has 0 amide bonds. The van der Waals surface area contributed by atoms with Crippen LogP contribution in [0.15, 0.2) is 33.2 Å². The molecular weight excluding hydrogens is 258 g/mol. The third-order valence-corrected chi connectivity index (χ3v) is 2.90. The van der Waals surface area contributed by atoms with Gasteiger partial charge in [-0.3, -0.25) is 0 Å². The van der Waals surface area contributed by atoms with Gasteiger partial charge in [0.2, 0.25) is 0 Å². The number of nitrogens with two attached hydrogens (primary N) is 1. The molecule has 1 atom stereocenters. The van der Waals surface area contributed by atoms with Crippen LogP contribution in [0.25, 0.3) is 11.0 Å². The number of hydrogen-bond donors (Lipinski definition) is 2. The summed E-state index contributed by atoms with van der Waals surface area (Å²) in [7, 11) is 0. The average Bonchev–Trinajstić information content (AvgIpc) is 2.61. The zero-order valence-corrected chi connectivity index (χ0v) is 9.91. The van der Waals surface area contributed by atoms with Gasteiger partial charge in [0.1, 0.15) is 16.9 Å². The standard InChI is InChI=1S/C11H12BrNO2/c1-11(14,6-13)10-5-7-4-8(12)2-3-9(7)15-10/h2-5,14H,6,13H2,1H3. The molecule has 1 heterocycles. The summed E-state index contributed by atoms with van der Waals surface area (Å²) in [5.74, 6) is 0.498. The van der Waals surface area contributed by atoms with E-state index in [2.05, 4.69) is 15.9 Å². The summed E-state index contributed by atoms with van der Waals surface area (Å²) >= 11 is 3.38. The van der Waals surface area contributed by atoms with E-state index in [1.165, 1.54) is 0 Å². The highest BCUT2D eigenvalue weighted by Crippen LogP contribution is 2.28. The summed E-state index contributed by atoms with van der Waals surface area (Å²) in [6.45, 7) is 1.77. The first-order valence-corrected chi connectivity index (χ1v) is 5.44. The molecule has 3 N–H and O–H groups in total. The van der Waals surface area contributed by atoms with Crippen LogP contribution >= 0.6 is 15.9 Å². The lowest BCUT2D eigenvalue weighted by Gasteiger charge is -2.17. The van der Waals surface area contributed by atoms with Crippen LogP contribution in [-0.4, -0.2) is 11.7 Å². The van der Waals surface area contributed by atoms with E-state index in [1.807, 2.05) is 24.3 Å². The Morgan fingerprint density at radius 1 is 1.47 bits per heavy atom. The van der Waals surface area contributed by atoms with Crippen molar-refractivity contribution < 1.29 is 9.52 Å². The molecule has 80 valence electrons. The molecule has 2 rings (SSSR count). The molecule has 0 saturated carbocycles. The lowest BCUT2D eigenvalue weighted by Crippen LogP contribution is -2.30. The minimum absolute atomic E-state index is 0.133. The van der Waals surface area contributed by atoms with Gasteiger partial charge in [0, 0.05) is 16.4 Å². The van der Waals surface area contributed by atoms with Gasteiger partial charge >= 0.3 is 0 Å². The van der Waals surface area contributed by atoms with E-state index in [0.717, 1.165) is 15.4 Å². The molecule has 1 aromatic heterocycles. The van der Waals surface area contributed by atoms with Gasteiger partial charge in [0.15, 0.2) is 0 Å². The maximum atomic E-state index is 9.93. The average molecular weight is 270 g/mol. The van der Waals surface area contributed by atoms with Gasteiger partial charge in [-0.2, -0.15) is 0 Å². The predicted molar refractivity (Wildman–Crippen MR) is 62.5 cm³/mol. The largest absolute Gasteiger partial charge is 0.458 e. The molecule has 0 saturated heterocycles. The quantitative estimate of drug-likeness (QED) is 0.880. The van der Waals surface area contributed by atoms with Gasteiger partial charge in [-0.15, -0.1) is 0 Å². The predicted octanol–water partition coefficient (Wildman–Crippen LogP) is 2.36. The third kappa shape index (κ3) is 1.93. The molecule has 0 radical (unpaired) electrons. The number of aliphatic hydroxyl groups is 1. The Bertz CT molecular complexity index is 490. The summed E-state index contributed by atoms with van der Waals surface area (Å²) in [6.07, 6.45) is 0. The Labute approximate surface area is 96.0 Å². The van der Waals surface area contributed by atoms with Crippen LogP contribution in [-0.2, 0) is 5.60 Å². The molecule has 0 aliphatic carbocycles. The van der Waals surface area contributed by atoms with E-state index in [4.69, 9.17) is 10.2 Å². The van der Waals surface area contributed by atoms with Gasteiger partial charge in [-0.05, 0) is 31.2 Å². The molecule has 1 unspecified atom stereocenters. The van der Waals surface area contributed by atoms with Crippen molar-refractivity contribution in [2.75, 3.05) is 6.54 Å². The Morgan fingerprint density at radius 3 is 2.87 bits per heavy atom. The smallest absolute Gasteiger partial charge is 0.137 e. The Morgan fingerprint density at radius 2 is 2.20 bits per heavy atom. The zero-order valence-electron chi connectivity index (χ0n) is 8.33. The van der Waals surface area contributed by atoms with E-state index in [9.17, 15) is 5.11 Å². The fraction of sp³-hybridized carbons (Fsp3) is 0.273. The van der Waals surface area contributed by atoms with Crippen LogP contribution in [0.3, 0.4) is 0 Å². The molecule has 0 spiro atoms. The van der Waals surface area contributed by atoms with Crippen LogP contribution in [0.1, 0.15) is 12.7 Å². The number of halogens is 1. The van der Waals surface area contributed by atoms with Crippen LogP contribution in [0.5, 0.6) is 0 Å². The molecule has 4 heteroatoms. The molecule has 2 aromatic rings. The van der Waals surface area contributed by atoms with E-state index in [-0.39, 0.29) is 6.54 Å². The molecule has 0 aliphatic heterocycles. The first-order valence-electron chi connectivity index (χ1n) is 4.65. The number of hydrogen-bond acceptors (Lipinski definition) is 3. The van der Waals surface area contributed by atoms with Crippen molar-refractivity contribution in [3.8, 4) is 0 Å². The summed E-state index contributed by atoms with van der Waals surface area (Å²) < 4.78 is 6.51. The van der Waals surface area contributed by atoms with Crippen LogP contribution in [0.2, 0.25) is 0 Å². The molecule has 0 aliphatic rings. The van der Waals surface area contributed by atoms with Gasteiger partial charge in [0.25, 0.3) is 0 Å². The Kier molecular flexibility index (Phi) is 2.58. The second-order valence-electron chi connectivity index (χ2n) is 3.77. The van der Waals surface area contributed by atoms with Crippen LogP contribution < -0.4 is 5.73 Å². The van der Waals surface area contributed by atoms with Crippen molar-refractivity contribution in [1.29, 1.82) is 0 Å². The van der Waals surface area contributed by atoms with Gasteiger partial charge in [-0.1, -0.05) is 15.9 Å². The molecule has 3 nitrogen and oxygen atoms in total. The van der Waals surface area contributed by atoms with Crippen molar-refractivity contribution in [3.05, 3.63) is 34.5 Å². The zero-order chi connectivity index (χ0) is 11.1. The maximum Gasteiger partial charge on any atom is 0.137 e. The highest BCUT2D eigenvalue weighted by Gasteiger charge is 2.25. The molecule has 0 fully saturated rings. The fourth-order valence-corrected chi connectivity index (χ4v) is 1.76. The highest BCUT2D eigenvalue weighted by atomic mass is 79.9. The van der Waals surface area contributed by atoms with E-state index in [0.29, 0.717) is 5.76 Å². The van der Waals surface area contributed by atoms with Crippen LogP contribution in [0.4, 0.5) is 0 Å². The topological polar surface area (TPSA) is 59.4 Å². The van der Waals surface area contributed by atoms with Gasteiger partial charge in [-0.25, -0.2) is 0 Å². The van der Waals surface area contributed by atoms with Crippen LogP contribution in [0, 0.1) is 0 Å². The van der Waals surface area contributed by atoms with Crippen molar-refractivity contribution >= 4 is 26.9 Å². The number of rotatable bonds is 2. The second-order valence-corrected chi connectivity index (χ2v) is 4.69. The van der Waals surface area contributed by atoms with E-state index < -0.39 is 5.60 Å². The second kappa shape index (κ2) is 3.63. The fourth-order valence-electron chi connectivity index (χ4n) is 1.38. The monoisotopic (exact) mass is 269 g/mol. The van der Waals surface area contributed by atoms with E-state index in [1.54, 1.807) is 6.92 Å². The first-order chi connectivity index (χ1) is 7.03. The number of benzene rings is 1. The minimum Gasteiger partial charge on any atom is -0.458 e. The molecule has 1 aromatic carbocycles. The number of fused-ring (bicyclic) bond motifs is 1. The van der Waals surface area contributed by atoms with Crippen molar-refractivity contribution in [3.63, 3.8) is 0 Å². The molecule has 15 heavy (non-hydrogen) atoms. The summed E-state index contributed by atoms with van der Waals surface area (Å²) in [5, 5.41) is 10.9. The minimum atomic E-state index is -1.11. The lowest BCUT2D eigenvalue weighted by atomic mass is 10.0. The summed E-state index contributed by atoms with van der Waals surface area (Å²) in [6, 6.07) is 7.50. The summed E-state index contributed by atoms with van der Waals surface area (Å²) in [5.41, 5.74) is 5.12. The third-order valence-electron chi connectivity index (χ3n) is 2.41. The highest BCUT2D eigenvalue weighted by molar-refractivity contribution is 9.10. The first kappa shape index (κ1) is 10.7. The van der Waals surface area contributed by atoms with E-state index >= 15 is 0 Å².